The number of rotatable bonds is 6. The predicted molar refractivity (Wildman–Crippen MR) is 125 cm³/mol. The van der Waals surface area contributed by atoms with Crippen molar-refractivity contribution in [1.29, 1.82) is 0 Å². The van der Waals surface area contributed by atoms with E-state index in [0.29, 0.717) is 64.1 Å². The third-order valence-corrected chi connectivity index (χ3v) is 6.81. The van der Waals surface area contributed by atoms with Gasteiger partial charge in [0.1, 0.15) is 5.75 Å². The van der Waals surface area contributed by atoms with E-state index < -0.39 is 5.41 Å². The molecule has 0 spiro atoms. The van der Waals surface area contributed by atoms with Crippen molar-refractivity contribution in [3.05, 3.63) is 59.7 Å². The van der Waals surface area contributed by atoms with Crippen LogP contribution in [-0.4, -0.2) is 61.3 Å². The lowest BCUT2D eigenvalue weighted by atomic mass is 9.73. The zero-order valence-electron chi connectivity index (χ0n) is 19.1. The van der Waals surface area contributed by atoms with Gasteiger partial charge in [0.05, 0.1) is 25.0 Å². The molecule has 0 radical (unpaired) electrons. The van der Waals surface area contributed by atoms with Gasteiger partial charge in [0.2, 0.25) is 11.8 Å². The third-order valence-electron chi connectivity index (χ3n) is 6.81. The number of hydrogen-bond acceptors (Lipinski definition) is 5. The Labute approximate surface area is 194 Å². The number of aliphatic hydroxyl groups is 1. The molecule has 0 bridgehead atoms. The van der Waals surface area contributed by atoms with E-state index in [-0.39, 0.29) is 17.9 Å². The molecule has 0 atom stereocenters. The molecule has 0 unspecified atom stereocenters. The van der Waals surface area contributed by atoms with Crippen LogP contribution in [0.1, 0.15) is 36.8 Å². The van der Waals surface area contributed by atoms with Gasteiger partial charge in [0.15, 0.2) is 0 Å². The number of carbonyl (C=O) groups is 2. The highest BCUT2D eigenvalue weighted by molar-refractivity contribution is 5.99. The molecule has 2 aromatic rings. The number of hydrogen-bond donors (Lipinski definition) is 2. The highest BCUT2D eigenvalue weighted by atomic mass is 16.5. The second-order valence-corrected chi connectivity index (χ2v) is 8.86. The summed E-state index contributed by atoms with van der Waals surface area (Å²) in [6.45, 7) is 2.28. The van der Waals surface area contributed by atoms with E-state index in [1.54, 1.807) is 7.11 Å². The number of amides is 2. The summed E-state index contributed by atoms with van der Waals surface area (Å²) >= 11 is 0. The monoisotopic (exact) mass is 452 g/mol. The summed E-state index contributed by atoms with van der Waals surface area (Å²) in [6.07, 6.45) is 2.52. The Morgan fingerprint density at radius 3 is 2.30 bits per heavy atom. The molecule has 7 nitrogen and oxygen atoms in total. The van der Waals surface area contributed by atoms with Gasteiger partial charge in [-0.1, -0.05) is 24.3 Å². The summed E-state index contributed by atoms with van der Waals surface area (Å²) in [7, 11) is 1.63. The maximum Gasteiger partial charge on any atom is 0.235 e. The highest BCUT2D eigenvalue weighted by Crippen LogP contribution is 2.37. The fraction of sp³-hybridized carbons (Fsp3) is 0.462. The molecule has 0 aliphatic carbocycles. The molecule has 33 heavy (non-hydrogen) atoms. The molecule has 2 fully saturated rings. The van der Waals surface area contributed by atoms with Crippen molar-refractivity contribution in [2.24, 2.45) is 0 Å². The molecule has 2 amide bonds. The summed E-state index contributed by atoms with van der Waals surface area (Å²) in [6, 6.07) is 15.1. The third kappa shape index (κ3) is 5.37. The lowest BCUT2D eigenvalue weighted by Crippen LogP contribution is -2.44. The second kappa shape index (κ2) is 10.4. The summed E-state index contributed by atoms with van der Waals surface area (Å²) in [5.74, 6) is 0.776. The number of benzene rings is 2. The number of piperidine rings is 1. The van der Waals surface area contributed by atoms with Gasteiger partial charge in [0, 0.05) is 32.0 Å². The number of nitrogens with zero attached hydrogens (tertiary/aromatic N) is 1. The second-order valence-electron chi connectivity index (χ2n) is 8.86. The molecular weight excluding hydrogens is 420 g/mol. The first kappa shape index (κ1) is 23.3. The van der Waals surface area contributed by atoms with Crippen molar-refractivity contribution < 1.29 is 24.2 Å². The molecule has 2 saturated heterocycles. The van der Waals surface area contributed by atoms with Gasteiger partial charge in [0.25, 0.3) is 0 Å². The lowest BCUT2D eigenvalue weighted by Gasteiger charge is -2.36. The van der Waals surface area contributed by atoms with Crippen molar-refractivity contribution >= 4 is 17.5 Å². The largest absolute Gasteiger partial charge is 0.497 e. The van der Waals surface area contributed by atoms with Crippen LogP contribution in [0.25, 0.3) is 0 Å². The maximum absolute atomic E-state index is 13.5. The van der Waals surface area contributed by atoms with Gasteiger partial charge in [-0.3, -0.25) is 9.59 Å². The number of aliphatic hydroxyl groups excluding tert-OH is 1. The Balaban J connectivity index is 1.42. The van der Waals surface area contributed by atoms with Crippen molar-refractivity contribution in [2.45, 2.75) is 43.6 Å². The predicted octanol–water partition coefficient (Wildman–Crippen LogP) is 2.91. The van der Waals surface area contributed by atoms with Crippen molar-refractivity contribution in [2.75, 3.05) is 38.7 Å². The van der Waals surface area contributed by atoms with Crippen molar-refractivity contribution in [1.82, 2.24) is 4.90 Å². The Hall–Kier alpha value is -2.90. The Morgan fingerprint density at radius 1 is 1.06 bits per heavy atom. The fourth-order valence-corrected chi connectivity index (χ4v) is 4.64. The first-order valence-electron chi connectivity index (χ1n) is 11.6. The SMILES string of the molecule is COc1ccc(C2(C(=O)Nc3ccc(CC(=O)N4CCC(O)CC4)cc3)CCOCC2)cc1. The number of likely N-dealkylation sites (tertiary alicyclic amines) is 1. The summed E-state index contributed by atoms with van der Waals surface area (Å²) in [5, 5.41) is 12.7. The van der Waals surface area contributed by atoms with Gasteiger partial charge in [-0.25, -0.2) is 0 Å². The molecular formula is C26H32N2O5. The number of anilines is 1. The normalized spacial score (nSPS) is 18.5. The molecule has 176 valence electrons. The Morgan fingerprint density at radius 2 is 1.70 bits per heavy atom. The van der Waals surface area contributed by atoms with Crippen LogP contribution in [0.4, 0.5) is 5.69 Å². The van der Waals surface area contributed by atoms with E-state index in [2.05, 4.69) is 5.32 Å². The topological polar surface area (TPSA) is 88.1 Å². The van der Waals surface area contributed by atoms with E-state index in [0.717, 1.165) is 16.9 Å². The maximum atomic E-state index is 13.5. The first-order chi connectivity index (χ1) is 16.0. The zero-order valence-corrected chi connectivity index (χ0v) is 19.1. The summed E-state index contributed by atoms with van der Waals surface area (Å²) in [4.78, 5) is 27.8. The zero-order chi connectivity index (χ0) is 23.3. The fourth-order valence-electron chi connectivity index (χ4n) is 4.64. The van der Waals surface area contributed by atoms with E-state index in [9.17, 15) is 14.7 Å². The minimum absolute atomic E-state index is 0.0494. The number of nitrogens with one attached hydrogen (secondary N) is 1. The molecule has 2 aliphatic heterocycles. The standard InChI is InChI=1S/C26H32N2O5/c1-32-23-8-4-20(5-9-23)26(12-16-33-17-13-26)25(31)27-21-6-2-19(3-7-21)18-24(30)28-14-10-22(29)11-15-28/h2-9,22,29H,10-18H2,1H3,(H,27,31). The smallest absolute Gasteiger partial charge is 0.235 e. The number of methoxy groups -OCH3 is 1. The van der Waals surface area contributed by atoms with Crippen LogP contribution in [0.2, 0.25) is 0 Å². The van der Waals surface area contributed by atoms with Crippen LogP contribution in [0.15, 0.2) is 48.5 Å². The van der Waals surface area contributed by atoms with Gasteiger partial charge in [-0.2, -0.15) is 0 Å². The first-order valence-corrected chi connectivity index (χ1v) is 11.6. The van der Waals surface area contributed by atoms with Crippen LogP contribution in [-0.2, 0) is 26.2 Å². The lowest BCUT2D eigenvalue weighted by molar-refractivity contribution is -0.132. The van der Waals surface area contributed by atoms with E-state index >= 15 is 0 Å². The van der Waals surface area contributed by atoms with Gasteiger partial charge in [-0.15, -0.1) is 0 Å². The molecule has 2 aromatic carbocycles. The van der Waals surface area contributed by atoms with E-state index in [1.807, 2.05) is 53.4 Å². The molecule has 0 saturated carbocycles. The van der Waals surface area contributed by atoms with E-state index in [4.69, 9.17) is 9.47 Å². The summed E-state index contributed by atoms with van der Waals surface area (Å²) < 4.78 is 10.8. The molecule has 4 rings (SSSR count). The van der Waals surface area contributed by atoms with Crippen molar-refractivity contribution in [3.63, 3.8) is 0 Å². The Kier molecular flexibility index (Phi) is 7.30. The average molecular weight is 453 g/mol. The Bertz CT molecular complexity index is 944. The minimum Gasteiger partial charge on any atom is -0.497 e. The van der Waals surface area contributed by atoms with Crippen LogP contribution in [0.5, 0.6) is 5.75 Å². The van der Waals surface area contributed by atoms with Gasteiger partial charge < -0.3 is 24.8 Å². The van der Waals surface area contributed by atoms with Crippen LogP contribution in [0, 0.1) is 0 Å². The molecule has 2 heterocycles. The molecule has 2 aliphatic rings. The quantitative estimate of drug-likeness (QED) is 0.704. The van der Waals surface area contributed by atoms with E-state index in [1.165, 1.54) is 0 Å². The minimum atomic E-state index is -0.655. The van der Waals surface area contributed by atoms with Crippen molar-refractivity contribution in [3.8, 4) is 5.75 Å². The van der Waals surface area contributed by atoms with Crippen LogP contribution in [0.3, 0.4) is 0 Å². The molecule has 0 aromatic heterocycles. The summed E-state index contributed by atoms with van der Waals surface area (Å²) in [5.41, 5.74) is 1.91. The van der Waals surface area contributed by atoms with Gasteiger partial charge in [-0.05, 0) is 61.1 Å². The number of carbonyl (C=O) groups excluding carboxylic acids is 2. The number of ether oxygens (including phenoxy) is 2. The molecule has 2 N–H and O–H groups in total. The highest BCUT2D eigenvalue weighted by Gasteiger charge is 2.41. The molecule has 7 heteroatoms. The van der Waals surface area contributed by atoms with Crippen LogP contribution < -0.4 is 10.1 Å². The van der Waals surface area contributed by atoms with Gasteiger partial charge >= 0.3 is 0 Å². The average Bonchev–Trinajstić information content (AvgIpc) is 2.86. The van der Waals surface area contributed by atoms with Crippen LogP contribution >= 0.6 is 0 Å².